The first-order valence-electron chi connectivity index (χ1n) is 14.5. The lowest BCUT2D eigenvalue weighted by Crippen LogP contribution is -2.47. The van der Waals surface area contributed by atoms with Gasteiger partial charge in [0.25, 0.3) is 0 Å². The van der Waals surface area contributed by atoms with Crippen molar-refractivity contribution in [2.45, 2.75) is 44.4 Å². The summed E-state index contributed by atoms with van der Waals surface area (Å²) >= 11 is 0. The highest BCUT2D eigenvalue weighted by atomic mass is 16.6. The number of carbonyl (C=O) groups excluding carboxylic acids is 3. The van der Waals surface area contributed by atoms with Crippen molar-refractivity contribution in [3.05, 3.63) is 138 Å². The Morgan fingerprint density at radius 1 is 0.705 bits per heavy atom. The fourth-order valence-corrected chi connectivity index (χ4v) is 5.03. The second-order valence-electron chi connectivity index (χ2n) is 11.4. The van der Waals surface area contributed by atoms with Crippen LogP contribution in [0.5, 0.6) is 0 Å². The number of hydrogen-bond acceptors (Lipinski definition) is 6. The van der Waals surface area contributed by atoms with Gasteiger partial charge in [0.15, 0.2) is 0 Å². The lowest BCUT2D eigenvalue weighted by Gasteiger charge is -2.37. The molecule has 4 rings (SSSR count). The average Bonchev–Trinajstić information content (AvgIpc) is 3.02. The van der Waals surface area contributed by atoms with Crippen molar-refractivity contribution >= 4 is 23.7 Å². The topological polar surface area (TPSA) is 106 Å². The van der Waals surface area contributed by atoms with Crippen molar-refractivity contribution in [3.8, 4) is 0 Å². The Labute approximate surface area is 258 Å². The van der Waals surface area contributed by atoms with E-state index in [0.717, 1.165) is 22.3 Å². The van der Waals surface area contributed by atoms with E-state index in [9.17, 15) is 14.4 Å². The SMILES string of the molecule is COC(=O)C(Cc1ccc(NC(=O)CNC(c2ccccc2)(c2ccccc2)c2ccccc2)cc1)NC(=O)OC(C)(C)C. The first kappa shape index (κ1) is 32.0. The fourth-order valence-electron chi connectivity index (χ4n) is 5.03. The summed E-state index contributed by atoms with van der Waals surface area (Å²) in [4.78, 5) is 37.9. The normalized spacial score (nSPS) is 12.1. The Bertz CT molecular complexity index is 1420. The highest BCUT2D eigenvalue weighted by molar-refractivity contribution is 5.92. The minimum absolute atomic E-state index is 0.0324. The number of hydrogen-bond donors (Lipinski definition) is 3. The molecule has 2 amide bonds. The van der Waals surface area contributed by atoms with E-state index < -0.39 is 29.2 Å². The Kier molecular flexibility index (Phi) is 10.5. The van der Waals surface area contributed by atoms with Crippen LogP contribution < -0.4 is 16.0 Å². The van der Waals surface area contributed by atoms with Crippen molar-refractivity contribution < 1.29 is 23.9 Å². The van der Waals surface area contributed by atoms with Crippen LogP contribution in [0.1, 0.15) is 43.0 Å². The Morgan fingerprint density at radius 3 is 1.61 bits per heavy atom. The molecule has 44 heavy (non-hydrogen) atoms. The second kappa shape index (κ2) is 14.5. The minimum Gasteiger partial charge on any atom is -0.467 e. The summed E-state index contributed by atoms with van der Waals surface area (Å²) in [5.74, 6) is -0.804. The number of anilines is 1. The quantitative estimate of drug-likeness (QED) is 0.150. The molecule has 0 fully saturated rings. The van der Waals surface area contributed by atoms with E-state index in [2.05, 4.69) is 52.3 Å². The third kappa shape index (κ3) is 8.33. The van der Waals surface area contributed by atoms with Gasteiger partial charge >= 0.3 is 12.1 Å². The number of rotatable bonds is 11. The van der Waals surface area contributed by atoms with Crippen molar-refractivity contribution in [2.24, 2.45) is 0 Å². The zero-order chi connectivity index (χ0) is 31.6. The maximum Gasteiger partial charge on any atom is 0.408 e. The number of methoxy groups -OCH3 is 1. The summed E-state index contributed by atoms with van der Waals surface area (Å²) in [6.07, 6.45) is -0.517. The molecule has 4 aromatic carbocycles. The summed E-state index contributed by atoms with van der Waals surface area (Å²) in [6.45, 7) is 5.26. The summed E-state index contributed by atoms with van der Waals surface area (Å²) in [5.41, 5.74) is 2.92. The van der Waals surface area contributed by atoms with Gasteiger partial charge in [-0.1, -0.05) is 103 Å². The van der Waals surface area contributed by atoms with E-state index in [1.54, 1.807) is 45.0 Å². The minimum atomic E-state index is -0.929. The van der Waals surface area contributed by atoms with Crippen LogP contribution in [0.15, 0.2) is 115 Å². The van der Waals surface area contributed by atoms with Crippen LogP contribution in [-0.2, 0) is 31.0 Å². The number of nitrogens with one attached hydrogen (secondary N) is 3. The van der Waals surface area contributed by atoms with Crippen LogP contribution in [0, 0.1) is 0 Å². The molecular weight excluding hydrogens is 554 g/mol. The maximum absolute atomic E-state index is 13.3. The van der Waals surface area contributed by atoms with Gasteiger partial charge in [0.05, 0.1) is 19.2 Å². The molecule has 0 heterocycles. The molecule has 0 saturated heterocycles. The summed E-state index contributed by atoms with van der Waals surface area (Å²) in [5, 5.41) is 9.11. The number of alkyl carbamates (subject to hydrolysis) is 1. The molecule has 0 aliphatic rings. The lowest BCUT2D eigenvalue weighted by atomic mass is 9.77. The Balaban J connectivity index is 1.48. The first-order valence-corrected chi connectivity index (χ1v) is 14.5. The van der Waals surface area contributed by atoms with Crippen molar-refractivity contribution in [1.29, 1.82) is 0 Å². The van der Waals surface area contributed by atoms with Crippen LogP contribution in [-0.4, -0.2) is 43.3 Å². The molecule has 0 radical (unpaired) electrons. The summed E-state index contributed by atoms with van der Waals surface area (Å²) in [7, 11) is 1.26. The predicted octanol–water partition coefficient (Wildman–Crippen LogP) is 5.82. The van der Waals surface area contributed by atoms with Gasteiger partial charge in [-0.3, -0.25) is 10.1 Å². The molecular formula is C36H39N3O5. The van der Waals surface area contributed by atoms with Crippen molar-refractivity contribution in [1.82, 2.24) is 10.6 Å². The molecule has 8 heteroatoms. The van der Waals surface area contributed by atoms with Crippen LogP contribution in [0.25, 0.3) is 0 Å². The van der Waals surface area contributed by atoms with Gasteiger partial charge in [-0.2, -0.15) is 0 Å². The molecule has 8 nitrogen and oxygen atoms in total. The van der Waals surface area contributed by atoms with Gasteiger partial charge in [-0.15, -0.1) is 0 Å². The van der Waals surface area contributed by atoms with E-state index in [1.807, 2.05) is 54.6 Å². The van der Waals surface area contributed by atoms with Crippen molar-refractivity contribution in [2.75, 3.05) is 19.0 Å². The molecule has 0 saturated carbocycles. The standard InChI is InChI=1S/C36H39N3O5/c1-35(2,3)44-34(42)39-31(33(41)43-4)24-26-20-22-30(23-21-26)38-32(40)25-37-36(27-14-8-5-9-15-27,28-16-10-6-11-17-28)29-18-12-7-13-19-29/h5-23,31,37H,24-25H2,1-4H3,(H,38,40)(H,39,42). The first-order chi connectivity index (χ1) is 21.1. The number of ether oxygens (including phenoxy) is 2. The average molecular weight is 594 g/mol. The van der Waals surface area contributed by atoms with Gasteiger partial charge in [-0.05, 0) is 55.2 Å². The molecule has 228 valence electrons. The second-order valence-corrected chi connectivity index (χ2v) is 11.4. The largest absolute Gasteiger partial charge is 0.467 e. The summed E-state index contributed by atoms with van der Waals surface area (Å²) < 4.78 is 10.2. The van der Waals surface area contributed by atoms with Crippen LogP contribution in [0.3, 0.4) is 0 Å². The van der Waals surface area contributed by atoms with E-state index in [0.29, 0.717) is 5.69 Å². The molecule has 1 unspecified atom stereocenters. The van der Waals surface area contributed by atoms with Crippen molar-refractivity contribution in [3.63, 3.8) is 0 Å². The number of amides is 2. The van der Waals surface area contributed by atoms with Gasteiger partial charge < -0.3 is 20.1 Å². The van der Waals surface area contributed by atoms with Gasteiger partial charge in [-0.25, -0.2) is 9.59 Å². The lowest BCUT2D eigenvalue weighted by molar-refractivity contribution is -0.143. The molecule has 0 spiro atoms. The van der Waals surface area contributed by atoms with E-state index in [4.69, 9.17) is 9.47 Å². The van der Waals surface area contributed by atoms with Crippen LogP contribution in [0.2, 0.25) is 0 Å². The molecule has 1 atom stereocenters. The predicted molar refractivity (Wildman–Crippen MR) is 171 cm³/mol. The number of benzene rings is 4. The van der Waals surface area contributed by atoms with Crippen LogP contribution >= 0.6 is 0 Å². The molecule has 4 aromatic rings. The zero-order valence-corrected chi connectivity index (χ0v) is 25.5. The molecule has 0 aliphatic heterocycles. The van der Waals surface area contributed by atoms with Gasteiger partial charge in [0.1, 0.15) is 11.6 Å². The number of carbonyl (C=O) groups is 3. The maximum atomic E-state index is 13.3. The zero-order valence-electron chi connectivity index (χ0n) is 25.5. The highest BCUT2D eigenvalue weighted by Gasteiger charge is 2.36. The fraction of sp³-hybridized carbons (Fsp3) is 0.250. The smallest absolute Gasteiger partial charge is 0.408 e. The van der Waals surface area contributed by atoms with Gasteiger partial charge in [0.2, 0.25) is 5.91 Å². The van der Waals surface area contributed by atoms with E-state index in [-0.39, 0.29) is 18.9 Å². The molecule has 0 aliphatic carbocycles. The van der Waals surface area contributed by atoms with Crippen LogP contribution in [0.4, 0.5) is 10.5 Å². The van der Waals surface area contributed by atoms with Gasteiger partial charge in [0, 0.05) is 12.1 Å². The number of esters is 1. The molecule has 3 N–H and O–H groups in total. The monoisotopic (exact) mass is 593 g/mol. The Hall–Kier alpha value is -4.95. The molecule has 0 aromatic heterocycles. The highest BCUT2D eigenvalue weighted by Crippen LogP contribution is 2.36. The Morgan fingerprint density at radius 2 is 1.18 bits per heavy atom. The summed E-state index contributed by atoms with van der Waals surface area (Å²) in [6, 6.07) is 36.4. The third-order valence-electron chi connectivity index (χ3n) is 6.99. The third-order valence-corrected chi connectivity index (χ3v) is 6.99. The van der Waals surface area contributed by atoms with E-state index >= 15 is 0 Å². The van der Waals surface area contributed by atoms with E-state index in [1.165, 1.54) is 7.11 Å². The molecule has 0 bridgehead atoms.